The van der Waals surface area contributed by atoms with Crippen LogP contribution in [0, 0.1) is 0 Å². The maximum Gasteiger partial charge on any atom is 0.255 e. The lowest BCUT2D eigenvalue weighted by Gasteiger charge is -2.20. The molecule has 1 amide bonds. The Labute approximate surface area is 143 Å². The summed E-state index contributed by atoms with van der Waals surface area (Å²) in [6.07, 6.45) is 5.12. The number of para-hydroxylation sites is 1. The van der Waals surface area contributed by atoms with Crippen molar-refractivity contribution < 1.29 is 14.3 Å². The van der Waals surface area contributed by atoms with Crippen molar-refractivity contribution in [1.82, 2.24) is 25.3 Å². The molecular weight excluding hydrogens is 322 g/mol. The smallest absolute Gasteiger partial charge is 0.255 e. The monoisotopic (exact) mass is 337 g/mol. The first-order valence-corrected chi connectivity index (χ1v) is 7.80. The van der Waals surface area contributed by atoms with Gasteiger partial charge in [-0.05, 0) is 24.3 Å². The Kier molecular flexibility index (Phi) is 3.99. The number of carbonyl (C=O) groups is 1. The summed E-state index contributed by atoms with van der Waals surface area (Å²) in [4.78, 5) is 16.5. The van der Waals surface area contributed by atoms with Gasteiger partial charge in [-0.15, -0.1) is 5.10 Å². The zero-order valence-corrected chi connectivity index (χ0v) is 13.3. The molecule has 1 N–H and O–H groups in total. The van der Waals surface area contributed by atoms with E-state index in [1.807, 2.05) is 12.1 Å². The van der Waals surface area contributed by atoms with E-state index in [0.717, 1.165) is 5.69 Å². The van der Waals surface area contributed by atoms with Gasteiger partial charge in [-0.1, -0.05) is 11.3 Å². The minimum Gasteiger partial charge on any atom is -0.486 e. The molecule has 126 valence electrons. The first-order chi connectivity index (χ1) is 12.3. The summed E-state index contributed by atoms with van der Waals surface area (Å²) in [5.41, 5.74) is 1.88. The molecule has 0 spiro atoms. The van der Waals surface area contributed by atoms with Gasteiger partial charge in [0.25, 0.3) is 5.91 Å². The lowest BCUT2D eigenvalue weighted by molar-refractivity contribution is 0.0939. The number of carbonyl (C=O) groups excluding carboxylic acids is 1. The average Bonchev–Trinajstić information content (AvgIpc) is 3.15. The molecular formula is C17H15N5O3. The number of nitrogens with one attached hydrogen (secondary N) is 1. The van der Waals surface area contributed by atoms with Crippen LogP contribution in [-0.2, 0) is 6.54 Å². The first-order valence-electron chi connectivity index (χ1n) is 7.80. The molecule has 4 rings (SSSR count). The number of aromatic nitrogens is 4. The second kappa shape index (κ2) is 6.60. The Balaban J connectivity index is 1.46. The summed E-state index contributed by atoms with van der Waals surface area (Å²) in [7, 11) is 0. The lowest BCUT2D eigenvalue weighted by Crippen LogP contribution is -2.25. The van der Waals surface area contributed by atoms with Gasteiger partial charge in [0.2, 0.25) is 0 Å². The molecule has 0 fully saturated rings. The van der Waals surface area contributed by atoms with Crippen molar-refractivity contribution in [2.75, 3.05) is 13.2 Å². The van der Waals surface area contributed by atoms with Gasteiger partial charge in [0, 0.05) is 6.20 Å². The fraction of sp³-hybridized carbons (Fsp3) is 0.176. The molecule has 25 heavy (non-hydrogen) atoms. The summed E-state index contributed by atoms with van der Waals surface area (Å²) in [6, 6.07) is 8.94. The highest BCUT2D eigenvalue weighted by atomic mass is 16.6. The van der Waals surface area contributed by atoms with E-state index in [0.29, 0.717) is 36.0 Å². The predicted molar refractivity (Wildman–Crippen MR) is 87.8 cm³/mol. The molecule has 0 saturated heterocycles. The van der Waals surface area contributed by atoms with E-state index in [4.69, 9.17) is 9.47 Å². The standard InChI is InChI=1S/C17H15N5O3/c23-17(14-4-1-5-15-16(14)25-8-7-24-15)19-9-12-11-22(21-20-12)13-3-2-6-18-10-13/h1-6,10-11H,7-9H2,(H,19,23). The Hall–Kier alpha value is -3.42. The van der Waals surface area contributed by atoms with Crippen LogP contribution in [0.3, 0.4) is 0 Å². The molecule has 0 atom stereocenters. The Morgan fingerprint density at radius 3 is 3.00 bits per heavy atom. The first kappa shape index (κ1) is 15.1. The van der Waals surface area contributed by atoms with E-state index < -0.39 is 0 Å². The molecule has 8 heteroatoms. The molecule has 0 saturated carbocycles. The highest BCUT2D eigenvalue weighted by molar-refractivity contribution is 5.97. The largest absolute Gasteiger partial charge is 0.486 e. The van der Waals surface area contributed by atoms with Crippen molar-refractivity contribution in [3.8, 4) is 17.2 Å². The highest BCUT2D eigenvalue weighted by Crippen LogP contribution is 2.33. The van der Waals surface area contributed by atoms with Crippen LogP contribution in [0.25, 0.3) is 5.69 Å². The fourth-order valence-electron chi connectivity index (χ4n) is 2.51. The van der Waals surface area contributed by atoms with Gasteiger partial charge in [0.15, 0.2) is 11.5 Å². The number of fused-ring (bicyclic) bond motifs is 1. The van der Waals surface area contributed by atoms with E-state index in [-0.39, 0.29) is 12.5 Å². The van der Waals surface area contributed by atoms with E-state index in [1.165, 1.54) is 0 Å². The SMILES string of the molecule is O=C(NCc1cn(-c2cccnc2)nn1)c1cccc2c1OCCO2. The number of ether oxygens (including phenoxy) is 2. The molecule has 0 aliphatic carbocycles. The third-order valence-corrected chi connectivity index (χ3v) is 3.69. The maximum atomic E-state index is 12.5. The molecule has 8 nitrogen and oxygen atoms in total. The number of hydrogen-bond donors (Lipinski definition) is 1. The number of nitrogens with zero attached hydrogens (tertiary/aromatic N) is 4. The number of hydrogen-bond acceptors (Lipinski definition) is 6. The number of rotatable bonds is 4. The zero-order chi connectivity index (χ0) is 17.1. The summed E-state index contributed by atoms with van der Waals surface area (Å²) in [6.45, 7) is 1.16. The third-order valence-electron chi connectivity index (χ3n) is 3.69. The van der Waals surface area contributed by atoms with E-state index in [2.05, 4.69) is 20.6 Å². The van der Waals surface area contributed by atoms with Gasteiger partial charge in [-0.2, -0.15) is 0 Å². The van der Waals surface area contributed by atoms with Crippen molar-refractivity contribution in [3.05, 3.63) is 60.2 Å². The topological polar surface area (TPSA) is 91.2 Å². The van der Waals surface area contributed by atoms with Crippen molar-refractivity contribution in [2.45, 2.75) is 6.54 Å². The van der Waals surface area contributed by atoms with E-state index in [1.54, 1.807) is 41.5 Å². The van der Waals surface area contributed by atoms with Gasteiger partial charge >= 0.3 is 0 Å². The van der Waals surface area contributed by atoms with Gasteiger partial charge in [-0.3, -0.25) is 9.78 Å². The minimum absolute atomic E-state index is 0.252. The van der Waals surface area contributed by atoms with Crippen LogP contribution in [0.1, 0.15) is 16.1 Å². The summed E-state index contributed by atoms with van der Waals surface area (Å²) in [5, 5.41) is 10.9. The molecule has 0 unspecified atom stereocenters. The fourth-order valence-corrected chi connectivity index (χ4v) is 2.51. The van der Waals surface area contributed by atoms with Crippen molar-refractivity contribution in [1.29, 1.82) is 0 Å². The summed E-state index contributed by atoms with van der Waals surface area (Å²) >= 11 is 0. The maximum absolute atomic E-state index is 12.5. The van der Waals surface area contributed by atoms with Gasteiger partial charge in [0.05, 0.1) is 30.2 Å². The van der Waals surface area contributed by atoms with Gasteiger partial charge < -0.3 is 14.8 Å². The number of pyridine rings is 1. The second-order valence-corrected chi connectivity index (χ2v) is 5.38. The Bertz CT molecular complexity index is 894. The Morgan fingerprint density at radius 2 is 2.12 bits per heavy atom. The Morgan fingerprint density at radius 1 is 1.20 bits per heavy atom. The quantitative estimate of drug-likeness (QED) is 0.773. The van der Waals surface area contributed by atoms with E-state index in [9.17, 15) is 4.79 Å². The summed E-state index contributed by atoms with van der Waals surface area (Å²) in [5.74, 6) is 0.810. The van der Waals surface area contributed by atoms with Gasteiger partial charge in [-0.25, -0.2) is 4.68 Å². The van der Waals surface area contributed by atoms with Crippen LogP contribution >= 0.6 is 0 Å². The average molecular weight is 337 g/mol. The van der Waals surface area contributed by atoms with Crippen molar-refractivity contribution in [3.63, 3.8) is 0 Å². The molecule has 1 aliphatic heterocycles. The van der Waals surface area contributed by atoms with Crippen LogP contribution in [-0.4, -0.2) is 39.1 Å². The lowest BCUT2D eigenvalue weighted by atomic mass is 10.1. The molecule has 0 radical (unpaired) electrons. The van der Waals surface area contributed by atoms with Crippen molar-refractivity contribution in [2.24, 2.45) is 0 Å². The van der Waals surface area contributed by atoms with Gasteiger partial charge in [0.1, 0.15) is 18.9 Å². The van der Waals surface area contributed by atoms with Crippen molar-refractivity contribution >= 4 is 5.91 Å². The van der Waals surface area contributed by atoms with Crippen LogP contribution in [0.15, 0.2) is 48.9 Å². The molecule has 3 aromatic rings. The molecule has 1 aliphatic rings. The number of amides is 1. The summed E-state index contributed by atoms with van der Waals surface area (Å²) < 4.78 is 12.7. The zero-order valence-electron chi connectivity index (χ0n) is 13.3. The van der Waals surface area contributed by atoms with E-state index >= 15 is 0 Å². The van der Waals surface area contributed by atoms with Crippen LogP contribution in [0.2, 0.25) is 0 Å². The second-order valence-electron chi connectivity index (χ2n) is 5.38. The van der Waals surface area contributed by atoms with Crippen LogP contribution < -0.4 is 14.8 Å². The molecule has 1 aromatic carbocycles. The van der Waals surface area contributed by atoms with Crippen LogP contribution in [0.5, 0.6) is 11.5 Å². The minimum atomic E-state index is -0.252. The highest BCUT2D eigenvalue weighted by Gasteiger charge is 2.20. The predicted octanol–water partition coefficient (Wildman–Crippen LogP) is 1.36. The van der Waals surface area contributed by atoms with Crippen LogP contribution in [0.4, 0.5) is 0 Å². The molecule has 0 bridgehead atoms. The third kappa shape index (κ3) is 3.14. The normalized spacial score (nSPS) is 12.6. The molecule has 2 aromatic heterocycles. The molecule has 3 heterocycles. The number of benzene rings is 1.